The number of piperidine rings is 1. The van der Waals surface area contributed by atoms with Crippen molar-refractivity contribution in [2.24, 2.45) is 0 Å². The molecule has 0 radical (unpaired) electrons. The Bertz CT molecular complexity index is 1360. The molecule has 42 heavy (non-hydrogen) atoms. The SMILES string of the molecule is CCCCC(NC(=O)C1(NC(=O)OCC2c3ccccc3-c3ccccc32)CCN(Cc2ccccc2)CC1)C(=O)O. The molecule has 3 aromatic carbocycles. The molecule has 0 bridgehead atoms. The summed E-state index contributed by atoms with van der Waals surface area (Å²) in [4.78, 5) is 41.2. The lowest BCUT2D eigenvalue weighted by Gasteiger charge is -2.41. The molecule has 8 nitrogen and oxygen atoms in total. The number of fused-ring (bicyclic) bond motifs is 3. The summed E-state index contributed by atoms with van der Waals surface area (Å²) in [5, 5.41) is 15.4. The molecule has 220 valence electrons. The Kier molecular flexibility index (Phi) is 9.22. The molecule has 3 N–H and O–H groups in total. The number of nitrogens with one attached hydrogen (secondary N) is 2. The Morgan fingerprint density at radius 1 is 0.929 bits per heavy atom. The summed E-state index contributed by atoms with van der Waals surface area (Å²) >= 11 is 0. The van der Waals surface area contributed by atoms with Gasteiger partial charge in [0.1, 0.15) is 18.2 Å². The number of hydrogen-bond acceptors (Lipinski definition) is 5. The number of benzene rings is 3. The molecule has 5 rings (SSSR count). The molecule has 0 spiro atoms. The van der Waals surface area contributed by atoms with Gasteiger partial charge in [0.15, 0.2) is 0 Å². The zero-order valence-corrected chi connectivity index (χ0v) is 24.1. The van der Waals surface area contributed by atoms with Crippen LogP contribution in [0.4, 0.5) is 4.79 Å². The highest BCUT2D eigenvalue weighted by Gasteiger charge is 2.44. The van der Waals surface area contributed by atoms with Crippen LogP contribution in [0, 0.1) is 0 Å². The van der Waals surface area contributed by atoms with Crippen LogP contribution in [0.3, 0.4) is 0 Å². The van der Waals surface area contributed by atoms with Gasteiger partial charge in [-0.1, -0.05) is 98.6 Å². The van der Waals surface area contributed by atoms with Gasteiger partial charge in [0.05, 0.1) is 0 Å². The van der Waals surface area contributed by atoms with Gasteiger partial charge in [-0.2, -0.15) is 0 Å². The molecule has 2 aliphatic rings. The molecular formula is C34H39N3O5. The van der Waals surface area contributed by atoms with Crippen molar-refractivity contribution in [1.29, 1.82) is 0 Å². The molecule has 8 heteroatoms. The number of rotatable bonds is 11. The van der Waals surface area contributed by atoms with Crippen molar-refractivity contribution in [2.75, 3.05) is 19.7 Å². The summed E-state index contributed by atoms with van der Waals surface area (Å²) in [6.07, 6.45) is 1.83. The Morgan fingerprint density at radius 3 is 2.12 bits per heavy atom. The summed E-state index contributed by atoms with van der Waals surface area (Å²) < 4.78 is 5.80. The second-order valence-corrected chi connectivity index (χ2v) is 11.3. The monoisotopic (exact) mass is 569 g/mol. The highest BCUT2D eigenvalue weighted by Crippen LogP contribution is 2.44. The quantitative estimate of drug-likeness (QED) is 0.289. The Hall–Kier alpha value is -4.17. The molecule has 3 aromatic rings. The van der Waals surface area contributed by atoms with Crippen LogP contribution in [-0.2, 0) is 20.9 Å². The summed E-state index contributed by atoms with van der Waals surface area (Å²) in [6.45, 7) is 3.98. The highest BCUT2D eigenvalue weighted by molar-refractivity contribution is 5.93. The van der Waals surface area contributed by atoms with Crippen molar-refractivity contribution in [3.63, 3.8) is 0 Å². The Balaban J connectivity index is 1.29. The zero-order valence-electron chi connectivity index (χ0n) is 24.1. The van der Waals surface area contributed by atoms with Gasteiger partial charge in [-0.3, -0.25) is 9.69 Å². The molecule has 1 heterocycles. The number of carboxylic acids is 1. The molecule has 1 unspecified atom stereocenters. The minimum Gasteiger partial charge on any atom is -0.480 e. The third-order valence-electron chi connectivity index (χ3n) is 8.53. The van der Waals surface area contributed by atoms with E-state index in [1.54, 1.807) is 0 Å². The topological polar surface area (TPSA) is 108 Å². The lowest BCUT2D eigenvalue weighted by atomic mass is 9.85. The summed E-state index contributed by atoms with van der Waals surface area (Å²) in [6, 6.07) is 25.3. The molecule has 2 amide bonds. The Labute approximate surface area is 247 Å². The van der Waals surface area contributed by atoms with Crippen LogP contribution in [0.2, 0.25) is 0 Å². The number of carboxylic acid groups (broad SMARTS) is 1. The smallest absolute Gasteiger partial charge is 0.408 e. The molecule has 0 aromatic heterocycles. The standard InChI is InChI=1S/C34H39N3O5/c1-2-3-17-30(31(38)39)35-32(40)34(18-20-37(21-19-34)22-24-11-5-4-6-12-24)36-33(41)42-23-29-27-15-9-7-13-25(27)26-14-8-10-16-28(26)29/h4-16,29-30H,2-3,17-23H2,1H3,(H,35,40)(H,36,41)(H,38,39). The maximum Gasteiger partial charge on any atom is 0.408 e. The van der Waals surface area contributed by atoms with Gasteiger partial charge in [0.25, 0.3) is 0 Å². The van der Waals surface area contributed by atoms with Gasteiger partial charge in [-0.15, -0.1) is 0 Å². The summed E-state index contributed by atoms with van der Waals surface area (Å²) in [5.74, 6) is -1.65. The number of nitrogens with zero attached hydrogens (tertiary/aromatic N) is 1. The predicted octanol–water partition coefficient (Wildman–Crippen LogP) is 5.32. The number of unbranched alkanes of at least 4 members (excludes halogenated alkanes) is 1. The van der Waals surface area contributed by atoms with Crippen LogP contribution in [0.15, 0.2) is 78.9 Å². The molecule has 0 saturated carbocycles. The number of alkyl carbamates (subject to hydrolysis) is 1. The van der Waals surface area contributed by atoms with Crippen LogP contribution < -0.4 is 10.6 Å². The normalized spacial score (nSPS) is 16.6. The number of hydrogen-bond donors (Lipinski definition) is 3. The molecule has 1 fully saturated rings. The fourth-order valence-corrected chi connectivity index (χ4v) is 6.14. The van der Waals surface area contributed by atoms with Crippen molar-refractivity contribution in [2.45, 2.75) is 63.1 Å². The number of amides is 2. The van der Waals surface area contributed by atoms with E-state index >= 15 is 0 Å². The Morgan fingerprint density at radius 2 is 1.52 bits per heavy atom. The number of likely N-dealkylation sites (tertiary alicyclic amines) is 1. The maximum absolute atomic E-state index is 13.7. The van der Waals surface area contributed by atoms with Gasteiger partial charge in [-0.25, -0.2) is 9.59 Å². The number of carbonyl (C=O) groups excluding carboxylic acids is 2. The van der Waals surface area contributed by atoms with Crippen LogP contribution in [-0.4, -0.2) is 59.3 Å². The van der Waals surface area contributed by atoms with Crippen molar-refractivity contribution < 1.29 is 24.2 Å². The fraction of sp³-hybridized carbons (Fsp3) is 0.382. The number of carbonyl (C=O) groups is 3. The van der Waals surface area contributed by atoms with Crippen LogP contribution in [0.5, 0.6) is 0 Å². The van der Waals surface area contributed by atoms with Gasteiger partial charge >= 0.3 is 12.1 Å². The first-order chi connectivity index (χ1) is 20.4. The van der Waals surface area contributed by atoms with E-state index in [4.69, 9.17) is 4.74 Å². The van der Waals surface area contributed by atoms with Crippen molar-refractivity contribution in [3.8, 4) is 11.1 Å². The van der Waals surface area contributed by atoms with E-state index in [1.165, 1.54) is 5.56 Å². The lowest BCUT2D eigenvalue weighted by molar-refractivity contribution is -0.143. The first-order valence-corrected chi connectivity index (χ1v) is 14.8. The first kappa shape index (κ1) is 29.3. The van der Waals surface area contributed by atoms with Gasteiger partial charge in [0, 0.05) is 25.6 Å². The molecular weight excluding hydrogens is 530 g/mol. The minimum atomic E-state index is -1.27. The molecule has 1 saturated heterocycles. The van der Waals surface area contributed by atoms with E-state index in [2.05, 4.69) is 51.9 Å². The fourth-order valence-electron chi connectivity index (χ4n) is 6.14. The predicted molar refractivity (Wildman–Crippen MR) is 161 cm³/mol. The van der Waals surface area contributed by atoms with E-state index < -0.39 is 29.6 Å². The average molecular weight is 570 g/mol. The van der Waals surface area contributed by atoms with Crippen LogP contribution in [0.25, 0.3) is 11.1 Å². The molecule has 1 aliphatic heterocycles. The number of aliphatic carboxylic acids is 1. The second-order valence-electron chi connectivity index (χ2n) is 11.3. The van der Waals surface area contributed by atoms with E-state index in [1.807, 2.05) is 49.4 Å². The van der Waals surface area contributed by atoms with Crippen molar-refractivity contribution in [1.82, 2.24) is 15.5 Å². The zero-order chi connectivity index (χ0) is 29.5. The highest BCUT2D eigenvalue weighted by atomic mass is 16.5. The first-order valence-electron chi connectivity index (χ1n) is 14.8. The average Bonchev–Trinajstić information content (AvgIpc) is 3.33. The van der Waals surface area contributed by atoms with Crippen molar-refractivity contribution >= 4 is 18.0 Å². The third kappa shape index (κ3) is 6.49. The van der Waals surface area contributed by atoms with E-state index in [0.717, 1.165) is 35.2 Å². The summed E-state index contributed by atoms with van der Waals surface area (Å²) in [5.41, 5.74) is 4.38. The molecule has 1 aliphatic carbocycles. The van der Waals surface area contributed by atoms with Gasteiger partial charge < -0.3 is 20.5 Å². The maximum atomic E-state index is 13.7. The van der Waals surface area contributed by atoms with Crippen LogP contribution >= 0.6 is 0 Å². The third-order valence-corrected chi connectivity index (χ3v) is 8.53. The summed E-state index contributed by atoms with van der Waals surface area (Å²) in [7, 11) is 0. The number of ether oxygens (including phenoxy) is 1. The van der Waals surface area contributed by atoms with E-state index in [0.29, 0.717) is 38.8 Å². The lowest BCUT2D eigenvalue weighted by Crippen LogP contribution is -2.64. The second kappa shape index (κ2) is 13.2. The minimum absolute atomic E-state index is 0.105. The van der Waals surface area contributed by atoms with E-state index in [9.17, 15) is 19.5 Å². The largest absolute Gasteiger partial charge is 0.480 e. The van der Waals surface area contributed by atoms with Gasteiger partial charge in [-0.05, 0) is 47.1 Å². The van der Waals surface area contributed by atoms with E-state index in [-0.39, 0.29) is 12.5 Å². The van der Waals surface area contributed by atoms with Crippen molar-refractivity contribution in [3.05, 3.63) is 95.6 Å². The molecule has 1 atom stereocenters. The van der Waals surface area contributed by atoms with Gasteiger partial charge in [0.2, 0.25) is 5.91 Å². The van der Waals surface area contributed by atoms with Crippen LogP contribution in [0.1, 0.15) is 61.6 Å².